The topological polar surface area (TPSA) is 58.6 Å². The Morgan fingerprint density at radius 1 is 0.921 bits per heavy atom. The van der Waals surface area contributed by atoms with Crippen molar-refractivity contribution in [2.24, 2.45) is 0 Å². The third-order valence-corrected chi connectivity index (χ3v) is 6.96. The number of rotatable bonds is 11. The third kappa shape index (κ3) is 8.20. The molecule has 202 valence electrons. The summed E-state index contributed by atoms with van der Waals surface area (Å²) in [6.45, 7) is 12.7. The summed E-state index contributed by atoms with van der Waals surface area (Å²) < 4.78 is 5.94. The summed E-state index contributed by atoms with van der Waals surface area (Å²) in [5.74, 6) is 0.249. The maximum Gasteiger partial charge on any atom is 0.261 e. The van der Waals surface area contributed by atoms with Gasteiger partial charge >= 0.3 is 0 Å². The van der Waals surface area contributed by atoms with Crippen molar-refractivity contribution in [1.29, 1.82) is 0 Å². The predicted octanol–water partition coefficient (Wildman–Crippen LogP) is 6.23. The van der Waals surface area contributed by atoms with Crippen LogP contribution in [0, 0.1) is 6.92 Å². The molecule has 3 aromatic carbocycles. The number of amides is 2. The molecule has 0 spiro atoms. The van der Waals surface area contributed by atoms with Crippen molar-refractivity contribution in [2.45, 2.75) is 78.4 Å². The molecule has 2 atom stereocenters. The molecule has 0 aromatic heterocycles. The molecule has 0 saturated heterocycles. The largest absolute Gasteiger partial charge is 0.484 e. The fourth-order valence-electron chi connectivity index (χ4n) is 4.25. The van der Waals surface area contributed by atoms with Gasteiger partial charge in [-0.25, -0.2) is 0 Å². The highest BCUT2D eigenvalue weighted by molar-refractivity contribution is 5.88. The second-order valence-electron chi connectivity index (χ2n) is 11.0. The number of benzene rings is 3. The van der Waals surface area contributed by atoms with Gasteiger partial charge in [-0.1, -0.05) is 94.4 Å². The highest BCUT2D eigenvalue weighted by atomic mass is 16.5. The van der Waals surface area contributed by atoms with Gasteiger partial charge in [0.25, 0.3) is 5.91 Å². The molecular formula is C33H42N2O3. The van der Waals surface area contributed by atoms with E-state index in [2.05, 4.69) is 26.1 Å². The number of ether oxygens (including phenoxy) is 1. The van der Waals surface area contributed by atoms with Gasteiger partial charge < -0.3 is 15.0 Å². The third-order valence-electron chi connectivity index (χ3n) is 6.96. The van der Waals surface area contributed by atoms with Gasteiger partial charge in [0.05, 0.1) is 0 Å². The Hall–Kier alpha value is -3.60. The van der Waals surface area contributed by atoms with Gasteiger partial charge in [0.2, 0.25) is 5.91 Å². The quantitative estimate of drug-likeness (QED) is 0.330. The Bertz CT molecular complexity index is 1180. The van der Waals surface area contributed by atoms with E-state index in [-0.39, 0.29) is 29.9 Å². The van der Waals surface area contributed by atoms with Gasteiger partial charge in [0.1, 0.15) is 11.8 Å². The fraction of sp³-hybridized carbons (Fsp3) is 0.394. The SMILES string of the molecule is CC[C@H](C)NC(=O)[C@H](Cc1ccccc1)N(Cc1ccccc1C)C(=O)COc1ccc(C(C)(C)C)cc1. The summed E-state index contributed by atoms with van der Waals surface area (Å²) in [6.07, 6.45) is 1.23. The van der Waals surface area contributed by atoms with Crippen LogP contribution in [0.4, 0.5) is 0 Å². The lowest BCUT2D eigenvalue weighted by molar-refractivity contribution is -0.143. The standard InChI is InChI=1S/C33H42N2O3/c1-7-25(3)34-32(37)30(21-26-14-9-8-10-15-26)35(22-27-16-12-11-13-24(27)2)31(36)23-38-29-19-17-28(18-20-29)33(4,5)6/h8-20,25,30H,7,21-23H2,1-6H3,(H,34,37)/t25-,30-/m0/s1. The van der Waals surface area contributed by atoms with Gasteiger partial charge in [-0.05, 0) is 60.1 Å². The van der Waals surface area contributed by atoms with Crippen molar-refractivity contribution < 1.29 is 14.3 Å². The lowest BCUT2D eigenvalue weighted by Gasteiger charge is -2.32. The van der Waals surface area contributed by atoms with Gasteiger partial charge in [-0.15, -0.1) is 0 Å². The van der Waals surface area contributed by atoms with Crippen LogP contribution in [0.15, 0.2) is 78.9 Å². The minimum absolute atomic E-state index is 0.00812. The first-order valence-electron chi connectivity index (χ1n) is 13.5. The minimum Gasteiger partial charge on any atom is -0.484 e. The van der Waals surface area contributed by atoms with E-state index in [1.54, 1.807) is 4.90 Å². The number of hydrogen-bond donors (Lipinski definition) is 1. The Balaban J connectivity index is 1.90. The van der Waals surface area contributed by atoms with Crippen molar-refractivity contribution >= 4 is 11.8 Å². The molecule has 0 unspecified atom stereocenters. The molecule has 5 nitrogen and oxygen atoms in total. The maximum atomic E-state index is 13.8. The van der Waals surface area contributed by atoms with E-state index in [0.717, 1.165) is 23.1 Å². The van der Waals surface area contributed by atoms with Crippen molar-refractivity contribution in [3.63, 3.8) is 0 Å². The molecule has 2 amide bonds. The Morgan fingerprint density at radius 2 is 1.55 bits per heavy atom. The van der Waals surface area contributed by atoms with Crippen molar-refractivity contribution in [3.8, 4) is 5.75 Å². The molecule has 0 aliphatic carbocycles. The predicted molar refractivity (Wildman–Crippen MR) is 154 cm³/mol. The highest BCUT2D eigenvalue weighted by Gasteiger charge is 2.31. The van der Waals surface area contributed by atoms with Crippen molar-refractivity contribution in [3.05, 3.63) is 101 Å². The molecule has 3 rings (SSSR count). The van der Waals surface area contributed by atoms with Crippen LogP contribution in [0.25, 0.3) is 0 Å². The summed E-state index contributed by atoms with van der Waals surface area (Å²) in [5, 5.41) is 3.11. The van der Waals surface area contributed by atoms with E-state index in [1.807, 2.05) is 99.6 Å². The van der Waals surface area contributed by atoms with Gasteiger partial charge in [0.15, 0.2) is 6.61 Å². The Kier molecular flexibility index (Phi) is 10.1. The van der Waals surface area contributed by atoms with E-state index in [0.29, 0.717) is 18.7 Å². The number of hydrogen-bond acceptors (Lipinski definition) is 3. The number of nitrogens with zero attached hydrogens (tertiary/aromatic N) is 1. The molecule has 0 saturated carbocycles. The van der Waals surface area contributed by atoms with Crippen molar-refractivity contribution in [1.82, 2.24) is 10.2 Å². The first kappa shape index (κ1) is 29.0. The molecule has 0 heterocycles. The van der Waals surface area contributed by atoms with E-state index in [4.69, 9.17) is 4.74 Å². The minimum atomic E-state index is -0.676. The zero-order valence-corrected chi connectivity index (χ0v) is 23.7. The fourth-order valence-corrected chi connectivity index (χ4v) is 4.25. The summed E-state index contributed by atoms with van der Waals surface area (Å²) in [6, 6.07) is 25.0. The molecule has 0 fully saturated rings. The molecule has 3 aromatic rings. The van der Waals surface area contributed by atoms with Gasteiger partial charge in [0, 0.05) is 19.0 Å². The first-order chi connectivity index (χ1) is 18.1. The second kappa shape index (κ2) is 13.3. The summed E-state index contributed by atoms with van der Waals surface area (Å²) in [4.78, 5) is 29.0. The van der Waals surface area contributed by atoms with Gasteiger partial charge in [-0.2, -0.15) is 0 Å². The lowest BCUT2D eigenvalue weighted by atomic mass is 9.87. The van der Waals surface area contributed by atoms with Crippen molar-refractivity contribution in [2.75, 3.05) is 6.61 Å². The van der Waals surface area contributed by atoms with E-state index < -0.39 is 6.04 Å². The lowest BCUT2D eigenvalue weighted by Crippen LogP contribution is -2.53. The van der Waals surface area contributed by atoms with E-state index in [9.17, 15) is 9.59 Å². The van der Waals surface area contributed by atoms with E-state index in [1.165, 1.54) is 5.56 Å². The van der Waals surface area contributed by atoms with Crippen LogP contribution in [0.5, 0.6) is 5.75 Å². The molecule has 0 aliphatic heterocycles. The molecule has 0 bridgehead atoms. The number of carbonyl (C=O) groups excluding carboxylic acids is 2. The average molecular weight is 515 g/mol. The molecule has 1 N–H and O–H groups in total. The summed E-state index contributed by atoms with van der Waals surface area (Å²) in [7, 11) is 0. The first-order valence-corrected chi connectivity index (χ1v) is 13.5. The van der Waals surface area contributed by atoms with Crippen LogP contribution in [0.1, 0.15) is 63.3 Å². The number of carbonyl (C=O) groups is 2. The smallest absolute Gasteiger partial charge is 0.261 e. The number of nitrogens with one attached hydrogen (secondary N) is 1. The van der Waals surface area contributed by atoms with Gasteiger partial charge in [-0.3, -0.25) is 9.59 Å². The summed E-state index contributed by atoms with van der Waals surface area (Å²) >= 11 is 0. The zero-order chi connectivity index (χ0) is 27.7. The number of aryl methyl sites for hydroxylation is 1. The average Bonchev–Trinajstić information content (AvgIpc) is 2.90. The van der Waals surface area contributed by atoms with Crippen LogP contribution in [0.2, 0.25) is 0 Å². The summed E-state index contributed by atoms with van der Waals surface area (Å²) in [5.41, 5.74) is 4.31. The van der Waals surface area contributed by atoms with Crippen LogP contribution < -0.4 is 10.1 Å². The second-order valence-corrected chi connectivity index (χ2v) is 11.0. The highest BCUT2D eigenvalue weighted by Crippen LogP contribution is 2.24. The maximum absolute atomic E-state index is 13.8. The molecule has 5 heteroatoms. The zero-order valence-electron chi connectivity index (χ0n) is 23.7. The Labute approximate surface area is 228 Å². The Morgan fingerprint density at radius 3 is 2.16 bits per heavy atom. The van der Waals surface area contributed by atoms with Crippen LogP contribution in [-0.2, 0) is 28.0 Å². The van der Waals surface area contributed by atoms with E-state index >= 15 is 0 Å². The molecule has 38 heavy (non-hydrogen) atoms. The monoisotopic (exact) mass is 514 g/mol. The van der Waals surface area contributed by atoms with Crippen LogP contribution in [-0.4, -0.2) is 35.4 Å². The normalized spacial score (nSPS) is 12.9. The van der Waals surface area contributed by atoms with Crippen LogP contribution >= 0.6 is 0 Å². The molecular weight excluding hydrogens is 472 g/mol. The molecule has 0 radical (unpaired) electrons. The van der Waals surface area contributed by atoms with Crippen LogP contribution in [0.3, 0.4) is 0 Å². The molecule has 0 aliphatic rings.